The molecule has 0 amide bonds. The number of nitrogens with zero attached hydrogens (tertiary/aromatic N) is 2. The molecule has 1 aromatic rings. The molecular weight excluding hydrogens is 238 g/mol. The molecule has 1 aliphatic heterocycles. The van der Waals surface area contributed by atoms with Crippen molar-refractivity contribution in [3.8, 4) is 0 Å². The first-order valence-electron chi connectivity index (χ1n) is 6.00. The van der Waals surface area contributed by atoms with E-state index in [1.165, 1.54) is 0 Å². The first kappa shape index (κ1) is 12.6. The summed E-state index contributed by atoms with van der Waals surface area (Å²) in [4.78, 5) is 6.62. The number of morpholine rings is 1. The Kier molecular flexibility index (Phi) is 5.04. The lowest BCUT2D eigenvalue weighted by Gasteiger charge is -2.26. The molecule has 17 heavy (non-hydrogen) atoms. The molecule has 94 valence electrons. The van der Waals surface area contributed by atoms with Crippen molar-refractivity contribution in [3.63, 3.8) is 0 Å². The fraction of sp³-hybridized carbons (Fsp3) is 0.583. The molecule has 0 saturated carbocycles. The number of anilines is 1. The summed E-state index contributed by atoms with van der Waals surface area (Å²) < 4.78 is 5.31. The molecule has 0 unspecified atom stereocenters. The fourth-order valence-corrected chi connectivity index (χ4v) is 1.94. The van der Waals surface area contributed by atoms with Crippen LogP contribution in [0.15, 0.2) is 18.3 Å². The van der Waals surface area contributed by atoms with Crippen LogP contribution < -0.4 is 5.32 Å². The largest absolute Gasteiger partial charge is 0.379 e. The first-order chi connectivity index (χ1) is 8.34. The standard InChI is InChI=1S/C12H18ClN3O/c13-11-2-3-12(15-10-11)14-4-1-5-16-6-8-17-9-7-16/h2-3,10H,1,4-9H2,(H,14,15). The van der Waals surface area contributed by atoms with Gasteiger partial charge in [0.25, 0.3) is 0 Å². The summed E-state index contributed by atoms with van der Waals surface area (Å²) in [6, 6.07) is 3.75. The van der Waals surface area contributed by atoms with E-state index in [4.69, 9.17) is 16.3 Å². The molecule has 1 fully saturated rings. The zero-order valence-electron chi connectivity index (χ0n) is 9.86. The molecular formula is C12H18ClN3O. The van der Waals surface area contributed by atoms with Crippen molar-refractivity contribution in [1.82, 2.24) is 9.88 Å². The third-order valence-electron chi connectivity index (χ3n) is 2.79. The summed E-state index contributed by atoms with van der Waals surface area (Å²) in [6.45, 7) is 5.90. The molecule has 0 spiro atoms. The molecule has 1 aliphatic rings. The number of halogens is 1. The molecule has 0 aromatic carbocycles. The van der Waals surface area contributed by atoms with Crippen LogP contribution in [-0.2, 0) is 4.74 Å². The van der Waals surface area contributed by atoms with Gasteiger partial charge in [-0.05, 0) is 25.1 Å². The monoisotopic (exact) mass is 255 g/mol. The van der Waals surface area contributed by atoms with Gasteiger partial charge in [-0.3, -0.25) is 4.90 Å². The molecule has 1 saturated heterocycles. The third-order valence-corrected chi connectivity index (χ3v) is 3.01. The maximum absolute atomic E-state index is 5.77. The smallest absolute Gasteiger partial charge is 0.125 e. The van der Waals surface area contributed by atoms with Gasteiger partial charge < -0.3 is 10.1 Å². The Morgan fingerprint density at radius 3 is 2.88 bits per heavy atom. The number of pyridine rings is 1. The summed E-state index contributed by atoms with van der Waals surface area (Å²) in [6.07, 6.45) is 2.77. The zero-order valence-corrected chi connectivity index (χ0v) is 10.6. The van der Waals surface area contributed by atoms with Gasteiger partial charge in [0.1, 0.15) is 5.82 Å². The van der Waals surface area contributed by atoms with Gasteiger partial charge in [0.05, 0.1) is 18.2 Å². The second-order valence-electron chi connectivity index (χ2n) is 4.10. The van der Waals surface area contributed by atoms with E-state index in [-0.39, 0.29) is 0 Å². The topological polar surface area (TPSA) is 37.4 Å². The molecule has 1 N–H and O–H groups in total. The molecule has 5 heteroatoms. The minimum Gasteiger partial charge on any atom is -0.379 e. The first-order valence-corrected chi connectivity index (χ1v) is 6.38. The Morgan fingerprint density at radius 2 is 2.18 bits per heavy atom. The lowest BCUT2D eigenvalue weighted by Crippen LogP contribution is -2.37. The molecule has 0 radical (unpaired) electrons. The van der Waals surface area contributed by atoms with Crippen LogP contribution in [0.4, 0.5) is 5.82 Å². The molecule has 2 rings (SSSR count). The van der Waals surface area contributed by atoms with Crippen LogP contribution in [0.1, 0.15) is 6.42 Å². The fourth-order valence-electron chi connectivity index (χ4n) is 1.82. The Balaban J connectivity index is 1.60. The van der Waals surface area contributed by atoms with E-state index >= 15 is 0 Å². The molecule has 0 bridgehead atoms. The van der Waals surface area contributed by atoms with Crippen molar-refractivity contribution < 1.29 is 4.74 Å². The van der Waals surface area contributed by atoms with Crippen LogP contribution >= 0.6 is 11.6 Å². The van der Waals surface area contributed by atoms with E-state index < -0.39 is 0 Å². The highest BCUT2D eigenvalue weighted by atomic mass is 35.5. The second-order valence-corrected chi connectivity index (χ2v) is 4.53. The van der Waals surface area contributed by atoms with E-state index in [2.05, 4.69) is 15.2 Å². The Labute approximate surface area is 107 Å². The van der Waals surface area contributed by atoms with E-state index in [1.54, 1.807) is 6.20 Å². The number of hydrogen-bond donors (Lipinski definition) is 1. The van der Waals surface area contributed by atoms with Crippen LogP contribution in [0, 0.1) is 0 Å². The van der Waals surface area contributed by atoms with Crippen LogP contribution in [0.2, 0.25) is 5.02 Å². The highest BCUT2D eigenvalue weighted by Gasteiger charge is 2.08. The average molecular weight is 256 g/mol. The van der Waals surface area contributed by atoms with E-state index in [1.807, 2.05) is 12.1 Å². The molecule has 1 aromatic heterocycles. The molecule has 2 heterocycles. The number of nitrogens with one attached hydrogen (secondary N) is 1. The molecule has 4 nitrogen and oxygen atoms in total. The molecule has 0 atom stereocenters. The molecule has 0 aliphatic carbocycles. The van der Waals surface area contributed by atoms with Gasteiger partial charge in [0, 0.05) is 25.8 Å². The predicted molar refractivity (Wildman–Crippen MR) is 69.6 cm³/mol. The second kappa shape index (κ2) is 6.79. The van der Waals surface area contributed by atoms with Crippen molar-refractivity contribution >= 4 is 17.4 Å². The van der Waals surface area contributed by atoms with Gasteiger partial charge in [-0.15, -0.1) is 0 Å². The van der Waals surface area contributed by atoms with E-state index in [0.29, 0.717) is 5.02 Å². The van der Waals surface area contributed by atoms with Crippen LogP contribution in [0.3, 0.4) is 0 Å². The van der Waals surface area contributed by atoms with Gasteiger partial charge in [0.2, 0.25) is 0 Å². The Bertz CT molecular complexity index is 325. The van der Waals surface area contributed by atoms with Gasteiger partial charge in [0.15, 0.2) is 0 Å². The Morgan fingerprint density at radius 1 is 1.35 bits per heavy atom. The van der Waals surface area contributed by atoms with Crippen LogP contribution in [-0.4, -0.2) is 49.3 Å². The maximum Gasteiger partial charge on any atom is 0.125 e. The summed E-state index contributed by atoms with van der Waals surface area (Å²) in [5.74, 6) is 0.886. The predicted octanol–water partition coefficient (Wildman–Crippen LogP) is 1.87. The minimum absolute atomic E-state index is 0.670. The zero-order chi connectivity index (χ0) is 11.9. The van der Waals surface area contributed by atoms with Gasteiger partial charge in [-0.1, -0.05) is 11.6 Å². The van der Waals surface area contributed by atoms with Gasteiger partial charge >= 0.3 is 0 Å². The number of aromatic nitrogens is 1. The Hall–Kier alpha value is -0.840. The van der Waals surface area contributed by atoms with Crippen molar-refractivity contribution in [2.24, 2.45) is 0 Å². The van der Waals surface area contributed by atoms with Crippen molar-refractivity contribution in [2.45, 2.75) is 6.42 Å². The van der Waals surface area contributed by atoms with Crippen LogP contribution in [0.25, 0.3) is 0 Å². The van der Waals surface area contributed by atoms with Gasteiger partial charge in [-0.25, -0.2) is 4.98 Å². The normalized spacial score (nSPS) is 17.0. The van der Waals surface area contributed by atoms with Crippen LogP contribution in [0.5, 0.6) is 0 Å². The maximum atomic E-state index is 5.77. The number of ether oxygens (including phenoxy) is 1. The SMILES string of the molecule is Clc1ccc(NCCCN2CCOCC2)nc1. The number of rotatable bonds is 5. The van der Waals surface area contributed by atoms with E-state index in [9.17, 15) is 0 Å². The summed E-state index contributed by atoms with van der Waals surface area (Å²) in [5.41, 5.74) is 0. The summed E-state index contributed by atoms with van der Waals surface area (Å²) >= 11 is 5.77. The summed E-state index contributed by atoms with van der Waals surface area (Å²) in [7, 11) is 0. The lowest BCUT2D eigenvalue weighted by molar-refractivity contribution is 0.0378. The van der Waals surface area contributed by atoms with Crippen molar-refractivity contribution in [2.75, 3.05) is 44.7 Å². The van der Waals surface area contributed by atoms with E-state index in [0.717, 1.165) is 51.6 Å². The highest BCUT2D eigenvalue weighted by molar-refractivity contribution is 6.30. The minimum atomic E-state index is 0.670. The van der Waals surface area contributed by atoms with Crippen molar-refractivity contribution in [3.05, 3.63) is 23.4 Å². The average Bonchev–Trinajstić information content (AvgIpc) is 2.38. The quantitative estimate of drug-likeness (QED) is 0.816. The van der Waals surface area contributed by atoms with Crippen molar-refractivity contribution in [1.29, 1.82) is 0 Å². The lowest BCUT2D eigenvalue weighted by atomic mass is 10.3. The third kappa shape index (κ3) is 4.50. The highest BCUT2D eigenvalue weighted by Crippen LogP contribution is 2.09. The van der Waals surface area contributed by atoms with Gasteiger partial charge in [-0.2, -0.15) is 0 Å². The summed E-state index contributed by atoms with van der Waals surface area (Å²) in [5, 5.41) is 3.95. The number of hydrogen-bond acceptors (Lipinski definition) is 4.